The number of hydrogen-bond acceptors (Lipinski definition) is 3. The van der Waals surface area contributed by atoms with Crippen LogP contribution in [0.1, 0.15) is 62.1 Å². The smallest absolute Gasteiger partial charge is 0.226 e. The van der Waals surface area contributed by atoms with Gasteiger partial charge in [-0.25, -0.2) is 4.98 Å². The standard InChI is InChI=1S/C30H35N3O2/c34-28(18-26-24-8-4-5-9-25(24)27-19-31-20-33(26)27)23-12-16-30(14-10-22(23)11-15-30)29(35)32-17-13-21-6-2-1-3-7-21/h1-9,19-20,22-23,26,28,34H,10-18H2,(H,32,35). The second-order valence-corrected chi connectivity index (χ2v) is 10.9. The fourth-order valence-electron chi connectivity index (χ4n) is 7.13. The average molecular weight is 470 g/mol. The summed E-state index contributed by atoms with van der Waals surface area (Å²) in [5, 5.41) is 14.8. The van der Waals surface area contributed by atoms with Gasteiger partial charge in [0.05, 0.1) is 30.4 Å². The normalized spacial score (nSPS) is 27.6. The number of fused-ring (bicyclic) bond motifs is 7. The van der Waals surface area contributed by atoms with Crippen molar-refractivity contribution in [2.24, 2.45) is 17.3 Å². The van der Waals surface area contributed by atoms with Gasteiger partial charge in [-0.15, -0.1) is 0 Å². The fourth-order valence-corrected chi connectivity index (χ4v) is 7.13. The van der Waals surface area contributed by atoms with E-state index < -0.39 is 0 Å². The third kappa shape index (κ3) is 4.10. The molecule has 35 heavy (non-hydrogen) atoms. The van der Waals surface area contributed by atoms with Crippen molar-refractivity contribution < 1.29 is 9.90 Å². The molecule has 3 aromatic rings. The Morgan fingerprint density at radius 1 is 1.06 bits per heavy atom. The first-order chi connectivity index (χ1) is 17.1. The molecule has 7 rings (SSSR count). The summed E-state index contributed by atoms with van der Waals surface area (Å²) in [7, 11) is 0. The Labute approximate surface area is 207 Å². The zero-order chi connectivity index (χ0) is 23.8. The molecule has 3 aliphatic carbocycles. The number of imidazole rings is 1. The Bertz CT molecular complexity index is 1180. The van der Waals surface area contributed by atoms with Gasteiger partial charge in [-0.2, -0.15) is 0 Å². The zero-order valence-electron chi connectivity index (χ0n) is 20.3. The van der Waals surface area contributed by atoms with Gasteiger partial charge in [0.2, 0.25) is 5.91 Å². The van der Waals surface area contributed by atoms with Crippen LogP contribution >= 0.6 is 0 Å². The molecule has 2 N–H and O–H groups in total. The summed E-state index contributed by atoms with van der Waals surface area (Å²) in [6.45, 7) is 0.689. The van der Waals surface area contributed by atoms with Crippen LogP contribution < -0.4 is 5.32 Å². The Morgan fingerprint density at radius 2 is 1.80 bits per heavy atom. The largest absolute Gasteiger partial charge is 0.393 e. The van der Waals surface area contributed by atoms with E-state index in [2.05, 4.69) is 51.3 Å². The highest BCUT2D eigenvalue weighted by molar-refractivity contribution is 5.82. The summed E-state index contributed by atoms with van der Waals surface area (Å²) in [5.41, 5.74) is 4.67. The van der Waals surface area contributed by atoms with Gasteiger partial charge in [-0.3, -0.25) is 4.79 Å². The van der Waals surface area contributed by atoms with Crippen LogP contribution in [-0.2, 0) is 11.2 Å². The van der Waals surface area contributed by atoms with Gasteiger partial charge < -0.3 is 15.0 Å². The summed E-state index contributed by atoms with van der Waals surface area (Å²) < 4.78 is 2.23. The van der Waals surface area contributed by atoms with Gasteiger partial charge in [-0.05, 0) is 74.3 Å². The first-order valence-corrected chi connectivity index (χ1v) is 13.3. The monoisotopic (exact) mass is 469 g/mol. The molecule has 182 valence electrons. The number of amides is 1. The molecule has 5 heteroatoms. The van der Waals surface area contributed by atoms with Gasteiger partial charge in [0, 0.05) is 17.5 Å². The Balaban J connectivity index is 1.11. The fraction of sp³-hybridized carbons (Fsp3) is 0.467. The van der Waals surface area contributed by atoms with E-state index in [9.17, 15) is 9.90 Å². The first kappa shape index (κ1) is 22.5. The highest BCUT2D eigenvalue weighted by Gasteiger charge is 2.48. The molecule has 0 spiro atoms. The summed E-state index contributed by atoms with van der Waals surface area (Å²) >= 11 is 0. The van der Waals surface area contributed by atoms with Gasteiger partial charge in [0.25, 0.3) is 0 Å². The predicted molar refractivity (Wildman–Crippen MR) is 137 cm³/mol. The minimum atomic E-state index is -0.374. The first-order valence-electron chi connectivity index (χ1n) is 13.3. The number of carbonyl (C=O) groups is 1. The summed E-state index contributed by atoms with van der Waals surface area (Å²) in [6, 6.07) is 19.0. The predicted octanol–water partition coefficient (Wildman–Crippen LogP) is 5.15. The van der Waals surface area contributed by atoms with E-state index >= 15 is 0 Å². The molecule has 1 aromatic heterocycles. The minimum Gasteiger partial charge on any atom is -0.393 e. The van der Waals surface area contributed by atoms with Crippen LogP contribution in [0.2, 0.25) is 0 Å². The minimum absolute atomic E-state index is 0.134. The van der Waals surface area contributed by atoms with Crippen LogP contribution in [0.4, 0.5) is 0 Å². The molecule has 3 unspecified atom stereocenters. The lowest BCUT2D eigenvalue weighted by atomic mass is 9.69. The molecule has 5 nitrogen and oxygen atoms in total. The molecule has 2 heterocycles. The topological polar surface area (TPSA) is 67.2 Å². The van der Waals surface area contributed by atoms with Crippen molar-refractivity contribution in [1.82, 2.24) is 14.9 Å². The van der Waals surface area contributed by atoms with Crippen molar-refractivity contribution in [3.63, 3.8) is 0 Å². The van der Waals surface area contributed by atoms with Gasteiger partial charge in [0.1, 0.15) is 0 Å². The van der Waals surface area contributed by atoms with E-state index in [1.165, 1.54) is 16.7 Å². The van der Waals surface area contributed by atoms with E-state index in [1.54, 1.807) is 0 Å². The number of rotatable bonds is 7. The maximum atomic E-state index is 13.3. The number of carbonyl (C=O) groups excluding carboxylic acids is 1. The van der Waals surface area contributed by atoms with Crippen molar-refractivity contribution in [1.29, 1.82) is 0 Å². The summed E-state index contributed by atoms with van der Waals surface area (Å²) in [4.78, 5) is 17.7. The van der Waals surface area contributed by atoms with Crippen molar-refractivity contribution >= 4 is 5.91 Å². The number of nitrogens with one attached hydrogen (secondary N) is 1. The highest BCUT2D eigenvalue weighted by atomic mass is 16.3. The maximum absolute atomic E-state index is 13.3. The Kier molecular flexibility index (Phi) is 5.97. The molecular weight excluding hydrogens is 434 g/mol. The van der Waals surface area contributed by atoms with Gasteiger partial charge in [-0.1, -0.05) is 54.6 Å². The maximum Gasteiger partial charge on any atom is 0.226 e. The molecule has 3 fully saturated rings. The third-order valence-electron chi connectivity index (χ3n) is 9.13. The average Bonchev–Trinajstić information content (AvgIpc) is 3.36. The second kappa shape index (κ2) is 9.27. The molecule has 1 amide bonds. The lowest BCUT2D eigenvalue weighted by molar-refractivity contribution is -0.133. The number of benzene rings is 2. The van der Waals surface area contributed by atoms with Crippen molar-refractivity contribution in [3.05, 3.63) is 78.2 Å². The molecule has 3 saturated carbocycles. The lowest BCUT2D eigenvalue weighted by Crippen LogP contribution is -2.43. The van der Waals surface area contributed by atoms with Crippen molar-refractivity contribution in [3.8, 4) is 11.3 Å². The second-order valence-electron chi connectivity index (χ2n) is 10.9. The Morgan fingerprint density at radius 3 is 2.63 bits per heavy atom. The Hall–Kier alpha value is -2.92. The number of aliphatic hydroxyl groups is 1. The molecule has 0 saturated heterocycles. The van der Waals surface area contributed by atoms with Crippen molar-refractivity contribution in [2.45, 2.75) is 63.5 Å². The number of hydrogen-bond donors (Lipinski definition) is 2. The number of aliphatic hydroxyl groups excluding tert-OH is 1. The van der Waals surface area contributed by atoms with Crippen LogP contribution in [0.5, 0.6) is 0 Å². The number of nitrogens with zero attached hydrogens (tertiary/aromatic N) is 2. The van der Waals surface area contributed by atoms with E-state index in [-0.39, 0.29) is 29.4 Å². The van der Waals surface area contributed by atoms with Crippen LogP contribution in [0.15, 0.2) is 67.1 Å². The van der Waals surface area contributed by atoms with E-state index in [0.29, 0.717) is 18.9 Å². The van der Waals surface area contributed by atoms with E-state index in [4.69, 9.17) is 0 Å². The molecule has 4 aliphatic rings. The zero-order valence-corrected chi connectivity index (χ0v) is 20.3. The quantitative estimate of drug-likeness (QED) is 0.503. The van der Waals surface area contributed by atoms with Gasteiger partial charge >= 0.3 is 0 Å². The number of aromatic nitrogens is 2. The van der Waals surface area contributed by atoms with Crippen LogP contribution in [-0.4, -0.2) is 33.2 Å². The molecule has 2 bridgehead atoms. The summed E-state index contributed by atoms with van der Waals surface area (Å²) in [6.07, 6.45) is 10.9. The molecule has 1 aliphatic heterocycles. The lowest BCUT2D eigenvalue weighted by Gasteiger charge is -2.36. The van der Waals surface area contributed by atoms with Crippen molar-refractivity contribution in [2.75, 3.05) is 6.54 Å². The molecule has 2 aromatic carbocycles. The van der Waals surface area contributed by atoms with Crippen LogP contribution in [0, 0.1) is 17.3 Å². The SMILES string of the molecule is O=C(NCCc1ccccc1)C12CCC(CC1)C(C(O)CC1c3ccccc3-c3cncn31)CC2. The highest BCUT2D eigenvalue weighted by Crippen LogP contribution is 2.52. The van der Waals surface area contributed by atoms with E-state index in [1.807, 2.05) is 30.7 Å². The molecule has 0 radical (unpaired) electrons. The summed E-state index contributed by atoms with van der Waals surface area (Å²) in [5.74, 6) is 1.00. The molecular formula is C30H35N3O2. The molecule has 3 atom stereocenters. The third-order valence-corrected chi connectivity index (χ3v) is 9.13. The van der Waals surface area contributed by atoms with Crippen LogP contribution in [0.3, 0.4) is 0 Å². The van der Waals surface area contributed by atoms with Gasteiger partial charge in [0.15, 0.2) is 0 Å². The van der Waals surface area contributed by atoms with Crippen LogP contribution in [0.25, 0.3) is 11.3 Å². The van der Waals surface area contributed by atoms with E-state index in [0.717, 1.165) is 50.6 Å².